The fraction of sp³-hybridized carbons (Fsp3) is 0.385. The van der Waals surface area contributed by atoms with Crippen LogP contribution in [0.4, 0.5) is 0 Å². The van der Waals surface area contributed by atoms with E-state index in [0.717, 1.165) is 13.1 Å². The maximum absolute atomic E-state index is 3.68. The van der Waals surface area contributed by atoms with Crippen LogP contribution in [0.5, 0.6) is 0 Å². The molecule has 0 aromatic heterocycles. The van der Waals surface area contributed by atoms with Crippen LogP contribution >= 0.6 is 0 Å². The standard InChI is InChI=1S/C13H19N/c1-4-8-14-10-12-6-5-7-13(9-12)11(2)3/h4-7,9,11,14H,1,8,10H2,2-3H3. The maximum atomic E-state index is 3.68. The minimum Gasteiger partial charge on any atom is -0.309 e. The Balaban J connectivity index is 2.59. The van der Waals surface area contributed by atoms with Gasteiger partial charge in [0.15, 0.2) is 0 Å². The molecule has 1 aromatic carbocycles. The van der Waals surface area contributed by atoms with Gasteiger partial charge in [-0.25, -0.2) is 0 Å². The van der Waals surface area contributed by atoms with Crippen molar-refractivity contribution in [2.24, 2.45) is 0 Å². The fourth-order valence-corrected chi connectivity index (χ4v) is 1.38. The van der Waals surface area contributed by atoms with Gasteiger partial charge in [-0.2, -0.15) is 0 Å². The van der Waals surface area contributed by atoms with Gasteiger partial charge < -0.3 is 5.32 Å². The summed E-state index contributed by atoms with van der Waals surface area (Å²) in [5.41, 5.74) is 2.75. The van der Waals surface area contributed by atoms with E-state index >= 15 is 0 Å². The Hall–Kier alpha value is -1.08. The number of hydrogen-bond acceptors (Lipinski definition) is 1. The lowest BCUT2D eigenvalue weighted by molar-refractivity contribution is 0.756. The monoisotopic (exact) mass is 189 g/mol. The molecule has 0 aliphatic rings. The molecule has 1 rings (SSSR count). The molecule has 0 radical (unpaired) electrons. The average molecular weight is 189 g/mol. The van der Waals surface area contributed by atoms with Crippen LogP contribution in [0.1, 0.15) is 30.9 Å². The summed E-state index contributed by atoms with van der Waals surface area (Å²) in [5, 5.41) is 3.30. The maximum Gasteiger partial charge on any atom is 0.0208 e. The zero-order valence-electron chi connectivity index (χ0n) is 9.09. The average Bonchev–Trinajstić information content (AvgIpc) is 2.19. The second kappa shape index (κ2) is 5.61. The smallest absolute Gasteiger partial charge is 0.0208 e. The van der Waals surface area contributed by atoms with E-state index in [1.165, 1.54) is 11.1 Å². The summed E-state index contributed by atoms with van der Waals surface area (Å²) >= 11 is 0. The van der Waals surface area contributed by atoms with E-state index in [1.54, 1.807) is 0 Å². The van der Waals surface area contributed by atoms with Crippen molar-refractivity contribution < 1.29 is 0 Å². The quantitative estimate of drug-likeness (QED) is 0.554. The Morgan fingerprint density at radius 2 is 2.21 bits per heavy atom. The molecule has 0 spiro atoms. The third-order valence-corrected chi connectivity index (χ3v) is 2.24. The molecule has 0 aliphatic heterocycles. The van der Waals surface area contributed by atoms with Crippen LogP contribution in [0.25, 0.3) is 0 Å². The first-order valence-corrected chi connectivity index (χ1v) is 5.14. The van der Waals surface area contributed by atoms with E-state index in [1.807, 2.05) is 6.08 Å². The van der Waals surface area contributed by atoms with Crippen molar-refractivity contribution in [3.63, 3.8) is 0 Å². The molecule has 0 saturated heterocycles. The summed E-state index contributed by atoms with van der Waals surface area (Å²) in [6.45, 7) is 9.90. The van der Waals surface area contributed by atoms with Crippen LogP contribution in [0.15, 0.2) is 36.9 Å². The lowest BCUT2D eigenvalue weighted by atomic mass is 10.0. The van der Waals surface area contributed by atoms with Gasteiger partial charge in [-0.15, -0.1) is 6.58 Å². The van der Waals surface area contributed by atoms with Crippen LogP contribution < -0.4 is 5.32 Å². The first kappa shape index (κ1) is 11.0. The number of benzene rings is 1. The Morgan fingerprint density at radius 1 is 1.43 bits per heavy atom. The van der Waals surface area contributed by atoms with Gasteiger partial charge in [0, 0.05) is 13.1 Å². The molecule has 0 amide bonds. The zero-order chi connectivity index (χ0) is 10.4. The minimum absolute atomic E-state index is 0.606. The second-order valence-corrected chi connectivity index (χ2v) is 3.82. The highest BCUT2D eigenvalue weighted by atomic mass is 14.8. The van der Waals surface area contributed by atoms with Crippen LogP contribution in [0.3, 0.4) is 0 Å². The largest absolute Gasteiger partial charge is 0.309 e. The molecule has 76 valence electrons. The predicted octanol–water partition coefficient (Wildman–Crippen LogP) is 3.09. The zero-order valence-corrected chi connectivity index (χ0v) is 9.09. The molecule has 0 bridgehead atoms. The van der Waals surface area contributed by atoms with Crippen molar-refractivity contribution in [2.45, 2.75) is 26.3 Å². The minimum atomic E-state index is 0.606. The molecule has 1 aromatic rings. The SMILES string of the molecule is C=CCNCc1cccc(C(C)C)c1. The normalized spacial score (nSPS) is 10.5. The summed E-state index contributed by atoms with van der Waals surface area (Å²) in [6, 6.07) is 8.73. The summed E-state index contributed by atoms with van der Waals surface area (Å²) in [5.74, 6) is 0.606. The number of nitrogens with one attached hydrogen (secondary N) is 1. The molecule has 0 unspecified atom stereocenters. The van der Waals surface area contributed by atoms with Crippen molar-refractivity contribution in [2.75, 3.05) is 6.54 Å². The molecular weight excluding hydrogens is 170 g/mol. The molecule has 0 fully saturated rings. The summed E-state index contributed by atoms with van der Waals surface area (Å²) in [6.07, 6.45) is 1.88. The van der Waals surface area contributed by atoms with Gasteiger partial charge in [0.2, 0.25) is 0 Å². The highest BCUT2D eigenvalue weighted by Gasteiger charge is 1.99. The van der Waals surface area contributed by atoms with Crippen molar-refractivity contribution >= 4 is 0 Å². The molecule has 0 aliphatic carbocycles. The van der Waals surface area contributed by atoms with Gasteiger partial charge in [-0.05, 0) is 17.0 Å². The van der Waals surface area contributed by atoms with Gasteiger partial charge in [0.05, 0.1) is 0 Å². The van der Waals surface area contributed by atoms with Crippen molar-refractivity contribution in [3.8, 4) is 0 Å². The highest BCUT2D eigenvalue weighted by Crippen LogP contribution is 2.15. The second-order valence-electron chi connectivity index (χ2n) is 3.82. The molecule has 0 heterocycles. The van der Waals surface area contributed by atoms with Crippen LogP contribution in [-0.4, -0.2) is 6.54 Å². The van der Waals surface area contributed by atoms with Gasteiger partial charge >= 0.3 is 0 Å². The molecular formula is C13H19N. The first-order chi connectivity index (χ1) is 6.74. The molecule has 1 N–H and O–H groups in total. The first-order valence-electron chi connectivity index (χ1n) is 5.14. The lowest BCUT2D eigenvalue weighted by Crippen LogP contribution is -2.12. The fourth-order valence-electron chi connectivity index (χ4n) is 1.38. The number of rotatable bonds is 5. The molecule has 0 atom stereocenters. The van der Waals surface area contributed by atoms with E-state index in [2.05, 4.69) is 50.0 Å². The Bertz CT molecular complexity index is 289. The molecule has 1 nitrogen and oxygen atoms in total. The third kappa shape index (κ3) is 3.35. The molecule has 14 heavy (non-hydrogen) atoms. The van der Waals surface area contributed by atoms with Gasteiger partial charge in [-0.1, -0.05) is 44.2 Å². The summed E-state index contributed by atoms with van der Waals surface area (Å²) < 4.78 is 0. The van der Waals surface area contributed by atoms with Crippen LogP contribution in [-0.2, 0) is 6.54 Å². The molecule has 1 heteroatoms. The Morgan fingerprint density at radius 3 is 2.86 bits per heavy atom. The van der Waals surface area contributed by atoms with E-state index in [9.17, 15) is 0 Å². The molecule has 0 saturated carbocycles. The van der Waals surface area contributed by atoms with Crippen molar-refractivity contribution in [1.82, 2.24) is 5.32 Å². The van der Waals surface area contributed by atoms with Gasteiger partial charge in [0.25, 0.3) is 0 Å². The predicted molar refractivity (Wildman–Crippen MR) is 62.4 cm³/mol. The van der Waals surface area contributed by atoms with Crippen LogP contribution in [0, 0.1) is 0 Å². The van der Waals surface area contributed by atoms with E-state index in [-0.39, 0.29) is 0 Å². The topological polar surface area (TPSA) is 12.0 Å². The van der Waals surface area contributed by atoms with E-state index < -0.39 is 0 Å². The van der Waals surface area contributed by atoms with E-state index in [0.29, 0.717) is 5.92 Å². The highest BCUT2D eigenvalue weighted by molar-refractivity contribution is 5.25. The Labute approximate surface area is 86.8 Å². The van der Waals surface area contributed by atoms with E-state index in [4.69, 9.17) is 0 Å². The lowest BCUT2D eigenvalue weighted by Gasteiger charge is -2.08. The Kier molecular flexibility index (Phi) is 4.41. The van der Waals surface area contributed by atoms with Crippen molar-refractivity contribution in [1.29, 1.82) is 0 Å². The third-order valence-electron chi connectivity index (χ3n) is 2.24. The van der Waals surface area contributed by atoms with Crippen LogP contribution in [0.2, 0.25) is 0 Å². The van der Waals surface area contributed by atoms with Gasteiger partial charge in [0.1, 0.15) is 0 Å². The summed E-state index contributed by atoms with van der Waals surface area (Å²) in [4.78, 5) is 0. The van der Waals surface area contributed by atoms with Gasteiger partial charge in [-0.3, -0.25) is 0 Å². The number of hydrogen-bond donors (Lipinski definition) is 1. The summed E-state index contributed by atoms with van der Waals surface area (Å²) in [7, 11) is 0. The van der Waals surface area contributed by atoms with Crippen molar-refractivity contribution in [3.05, 3.63) is 48.0 Å².